The van der Waals surface area contributed by atoms with Gasteiger partial charge in [-0.1, -0.05) is 20.8 Å². The highest BCUT2D eigenvalue weighted by Crippen LogP contribution is 2.31. The Balaban J connectivity index is 2.27. The van der Waals surface area contributed by atoms with Gasteiger partial charge in [0.2, 0.25) is 0 Å². The van der Waals surface area contributed by atoms with Crippen LogP contribution < -0.4 is 5.32 Å². The molecule has 0 atom stereocenters. The minimum absolute atomic E-state index is 0.0481. The van der Waals surface area contributed by atoms with Gasteiger partial charge < -0.3 is 15.3 Å². The lowest BCUT2D eigenvalue weighted by atomic mass is 9.85. The Hall–Kier alpha value is -1.55. The zero-order valence-corrected chi connectivity index (χ0v) is 11.9. The zero-order valence-electron chi connectivity index (χ0n) is 11.9. The largest absolute Gasteiger partial charge is 0.508 e. The molecule has 1 aromatic rings. The number of nitrogens with one attached hydrogen (secondary N) is 1. The topological polar surface area (TPSA) is 52.6 Å². The minimum Gasteiger partial charge on any atom is -0.508 e. The van der Waals surface area contributed by atoms with Crippen molar-refractivity contribution in [3.63, 3.8) is 0 Å². The summed E-state index contributed by atoms with van der Waals surface area (Å²) in [6, 6.07) is 5.14. The van der Waals surface area contributed by atoms with E-state index in [1.165, 1.54) is 0 Å². The number of rotatable bonds is 1. The van der Waals surface area contributed by atoms with Crippen LogP contribution >= 0.6 is 0 Å². The monoisotopic (exact) mass is 262 g/mol. The van der Waals surface area contributed by atoms with Crippen LogP contribution in [0, 0.1) is 0 Å². The molecule has 0 radical (unpaired) electrons. The van der Waals surface area contributed by atoms with E-state index in [9.17, 15) is 9.90 Å². The Kier molecular flexibility index (Phi) is 3.80. The summed E-state index contributed by atoms with van der Waals surface area (Å²) in [5, 5.41) is 13.2. The molecule has 4 heteroatoms. The summed E-state index contributed by atoms with van der Waals surface area (Å²) < 4.78 is 0. The second kappa shape index (κ2) is 5.21. The molecule has 2 rings (SSSR count). The van der Waals surface area contributed by atoms with E-state index in [-0.39, 0.29) is 17.1 Å². The van der Waals surface area contributed by atoms with Crippen LogP contribution in [0.2, 0.25) is 0 Å². The first kappa shape index (κ1) is 13.9. The number of benzene rings is 1. The molecule has 0 spiro atoms. The highest BCUT2D eigenvalue weighted by molar-refractivity contribution is 5.94. The molecular weight excluding hydrogens is 240 g/mol. The van der Waals surface area contributed by atoms with Crippen molar-refractivity contribution in [3.05, 3.63) is 29.3 Å². The van der Waals surface area contributed by atoms with Gasteiger partial charge in [-0.25, -0.2) is 0 Å². The molecule has 0 aromatic heterocycles. The lowest BCUT2D eigenvalue weighted by molar-refractivity contribution is 0.0735. The number of piperazine rings is 1. The normalized spacial score (nSPS) is 16.5. The third kappa shape index (κ3) is 3.07. The molecule has 1 aliphatic heterocycles. The molecule has 19 heavy (non-hydrogen) atoms. The molecule has 1 aliphatic rings. The van der Waals surface area contributed by atoms with Gasteiger partial charge in [-0.15, -0.1) is 0 Å². The van der Waals surface area contributed by atoms with Crippen molar-refractivity contribution in [1.29, 1.82) is 0 Å². The summed E-state index contributed by atoms with van der Waals surface area (Å²) in [6.45, 7) is 9.25. The number of phenols is 1. The first-order chi connectivity index (χ1) is 8.89. The molecular formula is C15H22N2O2. The fourth-order valence-electron chi connectivity index (χ4n) is 2.32. The number of amides is 1. The fraction of sp³-hybridized carbons (Fsp3) is 0.533. The van der Waals surface area contributed by atoms with Crippen molar-refractivity contribution in [2.24, 2.45) is 0 Å². The van der Waals surface area contributed by atoms with Gasteiger partial charge in [-0.2, -0.15) is 0 Å². The Morgan fingerprint density at radius 2 is 1.89 bits per heavy atom. The van der Waals surface area contributed by atoms with Crippen LogP contribution in [0.3, 0.4) is 0 Å². The Morgan fingerprint density at radius 1 is 1.26 bits per heavy atom. The molecule has 0 unspecified atom stereocenters. The van der Waals surface area contributed by atoms with Crippen LogP contribution in [-0.2, 0) is 5.41 Å². The van der Waals surface area contributed by atoms with Gasteiger partial charge in [-0.05, 0) is 23.6 Å². The summed E-state index contributed by atoms with van der Waals surface area (Å²) in [5.41, 5.74) is 1.29. The molecule has 2 N–H and O–H groups in total. The van der Waals surface area contributed by atoms with Gasteiger partial charge in [0.15, 0.2) is 0 Å². The van der Waals surface area contributed by atoms with E-state index >= 15 is 0 Å². The average molecular weight is 262 g/mol. The maximum Gasteiger partial charge on any atom is 0.253 e. The average Bonchev–Trinajstić information content (AvgIpc) is 2.38. The van der Waals surface area contributed by atoms with Gasteiger partial charge in [0.05, 0.1) is 0 Å². The predicted molar refractivity (Wildman–Crippen MR) is 75.6 cm³/mol. The van der Waals surface area contributed by atoms with Crippen LogP contribution in [0.25, 0.3) is 0 Å². The van der Waals surface area contributed by atoms with Crippen molar-refractivity contribution in [2.75, 3.05) is 26.2 Å². The standard InChI is InChI=1S/C15H22N2O2/c1-15(2,3)12-10-11(4-5-13(12)18)14(19)17-8-6-16-7-9-17/h4-5,10,16,18H,6-9H2,1-3H3. The molecule has 1 aromatic carbocycles. The maximum absolute atomic E-state index is 12.4. The van der Waals surface area contributed by atoms with Gasteiger partial charge in [-0.3, -0.25) is 4.79 Å². The number of nitrogens with zero attached hydrogens (tertiary/aromatic N) is 1. The van der Waals surface area contributed by atoms with Crippen LogP contribution in [-0.4, -0.2) is 42.1 Å². The summed E-state index contributed by atoms with van der Waals surface area (Å²) in [7, 11) is 0. The van der Waals surface area contributed by atoms with E-state index in [0.717, 1.165) is 31.7 Å². The van der Waals surface area contributed by atoms with E-state index in [0.29, 0.717) is 5.56 Å². The van der Waals surface area contributed by atoms with Crippen molar-refractivity contribution < 1.29 is 9.90 Å². The maximum atomic E-state index is 12.4. The molecule has 104 valence electrons. The van der Waals surface area contributed by atoms with E-state index < -0.39 is 0 Å². The SMILES string of the molecule is CC(C)(C)c1cc(C(=O)N2CCNCC2)ccc1O. The van der Waals surface area contributed by atoms with Crippen LogP contribution in [0.4, 0.5) is 0 Å². The van der Waals surface area contributed by atoms with Gasteiger partial charge >= 0.3 is 0 Å². The lowest BCUT2D eigenvalue weighted by Crippen LogP contribution is -2.46. The third-order valence-corrected chi connectivity index (χ3v) is 3.46. The number of carbonyl (C=O) groups is 1. The number of aromatic hydroxyl groups is 1. The summed E-state index contributed by atoms with van der Waals surface area (Å²) in [4.78, 5) is 14.3. The van der Waals surface area contributed by atoms with Crippen molar-refractivity contribution >= 4 is 5.91 Å². The van der Waals surface area contributed by atoms with Gasteiger partial charge in [0.1, 0.15) is 5.75 Å². The summed E-state index contributed by atoms with van der Waals surface area (Å²) >= 11 is 0. The second-order valence-electron chi connectivity index (χ2n) is 6.02. The Bertz CT molecular complexity index is 472. The van der Waals surface area contributed by atoms with Crippen LogP contribution in [0.1, 0.15) is 36.7 Å². The van der Waals surface area contributed by atoms with Crippen molar-refractivity contribution in [3.8, 4) is 5.75 Å². The van der Waals surface area contributed by atoms with E-state index in [1.807, 2.05) is 31.7 Å². The lowest BCUT2D eigenvalue weighted by Gasteiger charge is -2.28. The first-order valence-electron chi connectivity index (χ1n) is 6.73. The summed E-state index contributed by atoms with van der Waals surface area (Å²) in [5.74, 6) is 0.302. The number of hydrogen-bond donors (Lipinski definition) is 2. The molecule has 0 bridgehead atoms. The fourth-order valence-corrected chi connectivity index (χ4v) is 2.32. The smallest absolute Gasteiger partial charge is 0.253 e. The summed E-state index contributed by atoms with van der Waals surface area (Å²) in [6.07, 6.45) is 0. The second-order valence-corrected chi connectivity index (χ2v) is 6.02. The first-order valence-corrected chi connectivity index (χ1v) is 6.73. The van der Waals surface area contributed by atoms with Gasteiger partial charge in [0.25, 0.3) is 5.91 Å². The van der Waals surface area contributed by atoms with Crippen LogP contribution in [0.15, 0.2) is 18.2 Å². The minimum atomic E-state index is -0.177. The molecule has 1 amide bonds. The highest BCUT2D eigenvalue weighted by atomic mass is 16.3. The third-order valence-electron chi connectivity index (χ3n) is 3.46. The van der Waals surface area contributed by atoms with E-state index in [4.69, 9.17) is 0 Å². The molecule has 1 heterocycles. The Morgan fingerprint density at radius 3 is 2.47 bits per heavy atom. The van der Waals surface area contributed by atoms with Crippen molar-refractivity contribution in [1.82, 2.24) is 10.2 Å². The molecule has 4 nitrogen and oxygen atoms in total. The van der Waals surface area contributed by atoms with E-state index in [1.54, 1.807) is 12.1 Å². The Labute approximate surface area is 114 Å². The number of phenolic OH excluding ortho intramolecular Hbond substituents is 1. The number of carbonyl (C=O) groups excluding carboxylic acids is 1. The number of hydrogen-bond acceptors (Lipinski definition) is 3. The highest BCUT2D eigenvalue weighted by Gasteiger charge is 2.22. The molecule has 0 saturated carbocycles. The molecule has 1 fully saturated rings. The van der Waals surface area contributed by atoms with E-state index in [2.05, 4.69) is 5.32 Å². The molecule has 1 saturated heterocycles. The predicted octanol–water partition coefficient (Wildman–Crippen LogP) is 1.74. The van der Waals surface area contributed by atoms with Crippen LogP contribution in [0.5, 0.6) is 5.75 Å². The van der Waals surface area contributed by atoms with Crippen molar-refractivity contribution in [2.45, 2.75) is 26.2 Å². The van der Waals surface area contributed by atoms with Gasteiger partial charge in [0, 0.05) is 37.3 Å². The quantitative estimate of drug-likeness (QED) is 0.810. The zero-order chi connectivity index (χ0) is 14.0. The molecule has 0 aliphatic carbocycles.